The van der Waals surface area contributed by atoms with Gasteiger partial charge in [-0.2, -0.15) is 0 Å². The van der Waals surface area contributed by atoms with Gasteiger partial charge in [0, 0.05) is 0 Å². The quantitative estimate of drug-likeness (QED) is 0.423. The van der Waals surface area contributed by atoms with Crippen molar-refractivity contribution in [3.05, 3.63) is 24.3 Å². The third-order valence-corrected chi connectivity index (χ3v) is 6.13. The lowest BCUT2D eigenvalue weighted by molar-refractivity contribution is 0.382. The van der Waals surface area contributed by atoms with Gasteiger partial charge in [-0.25, -0.2) is 0 Å². The Labute approximate surface area is 152 Å². The first-order valence-corrected chi connectivity index (χ1v) is 11.3. The van der Waals surface area contributed by atoms with Crippen molar-refractivity contribution in [2.75, 3.05) is 0 Å². The topological polar surface area (TPSA) is 0 Å². The largest absolute Gasteiger partial charge is 0.0882 e. The molecule has 0 heterocycles. The maximum absolute atomic E-state index is 2.61. The van der Waals surface area contributed by atoms with Gasteiger partial charge >= 0.3 is 0 Å². The van der Waals surface area contributed by atoms with Gasteiger partial charge in [-0.05, 0) is 50.4 Å². The van der Waals surface area contributed by atoms with Crippen LogP contribution in [-0.4, -0.2) is 0 Å². The first-order chi connectivity index (χ1) is 12.0. The number of hydrogen-bond donors (Lipinski definition) is 0. The van der Waals surface area contributed by atoms with E-state index < -0.39 is 0 Å². The molecule has 0 saturated carbocycles. The van der Waals surface area contributed by atoms with E-state index in [4.69, 9.17) is 0 Å². The van der Waals surface area contributed by atoms with Crippen LogP contribution in [0.3, 0.4) is 0 Å². The Morgan fingerprint density at radius 3 is 1.12 bits per heavy atom. The Bertz CT molecular complexity index is 304. The summed E-state index contributed by atoms with van der Waals surface area (Å²) in [4.78, 5) is 0. The van der Waals surface area contributed by atoms with Crippen molar-refractivity contribution in [3.8, 4) is 0 Å². The van der Waals surface area contributed by atoms with E-state index in [2.05, 4.69) is 24.3 Å². The van der Waals surface area contributed by atoms with Crippen LogP contribution in [0.4, 0.5) is 0 Å². The molecule has 0 amide bonds. The van der Waals surface area contributed by atoms with Gasteiger partial charge in [0.15, 0.2) is 0 Å². The summed E-state index contributed by atoms with van der Waals surface area (Å²) in [6.45, 7) is 0. The summed E-state index contributed by atoms with van der Waals surface area (Å²) in [6, 6.07) is 0. The van der Waals surface area contributed by atoms with Crippen molar-refractivity contribution in [3.63, 3.8) is 0 Å². The van der Waals surface area contributed by atoms with Crippen LogP contribution in [0.1, 0.15) is 116 Å². The summed E-state index contributed by atoms with van der Waals surface area (Å²) in [7, 11) is 0. The van der Waals surface area contributed by atoms with E-state index in [0.717, 1.165) is 11.8 Å². The maximum Gasteiger partial charge on any atom is -0.0171 e. The first-order valence-electron chi connectivity index (χ1n) is 11.3. The molecule has 0 fully saturated rings. The van der Waals surface area contributed by atoms with Gasteiger partial charge in [0.25, 0.3) is 0 Å². The molecule has 0 saturated heterocycles. The Morgan fingerprint density at radius 1 is 0.375 bits per heavy atom. The Morgan fingerprint density at radius 2 is 0.708 bits per heavy atom. The third-order valence-electron chi connectivity index (χ3n) is 6.13. The van der Waals surface area contributed by atoms with Crippen molar-refractivity contribution < 1.29 is 0 Å². The Hall–Kier alpha value is -0.520. The second kappa shape index (κ2) is 13.7. The molecule has 2 aliphatic rings. The molecule has 2 atom stereocenters. The molecule has 0 heteroatoms. The molecule has 0 aliphatic heterocycles. The van der Waals surface area contributed by atoms with Crippen molar-refractivity contribution in [1.82, 2.24) is 0 Å². The second-order valence-electron chi connectivity index (χ2n) is 8.29. The predicted molar refractivity (Wildman–Crippen MR) is 108 cm³/mol. The molecule has 0 aromatic heterocycles. The van der Waals surface area contributed by atoms with E-state index in [1.807, 2.05) is 0 Å². The van der Waals surface area contributed by atoms with Crippen LogP contribution in [0, 0.1) is 11.8 Å². The van der Waals surface area contributed by atoms with E-state index in [1.54, 1.807) is 0 Å². The first kappa shape index (κ1) is 19.8. The molecule has 2 rings (SSSR count). The molecule has 0 radical (unpaired) electrons. The van der Waals surface area contributed by atoms with Crippen LogP contribution in [0.2, 0.25) is 0 Å². The van der Waals surface area contributed by atoms with Crippen LogP contribution in [0.15, 0.2) is 24.3 Å². The predicted octanol–water partition coefficient (Wildman–Crippen LogP) is 8.38. The maximum atomic E-state index is 2.61. The van der Waals surface area contributed by atoms with Gasteiger partial charge < -0.3 is 0 Å². The molecule has 0 aromatic carbocycles. The minimum Gasteiger partial charge on any atom is -0.0882 e. The lowest BCUT2D eigenvalue weighted by Crippen LogP contribution is -2.11. The minimum atomic E-state index is 0.809. The SMILES string of the molecule is C1=C[C@H]([C@H]2/C=C\CCCCCCCCC2)CCCCCCCCC1. The lowest BCUT2D eigenvalue weighted by atomic mass is 9.82. The van der Waals surface area contributed by atoms with Crippen LogP contribution in [-0.2, 0) is 0 Å². The Balaban J connectivity index is 1.93. The fourth-order valence-corrected chi connectivity index (χ4v) is 4.50. The average molecular weight is 331 g/mol. The highest BCUT2D eigenvalue weighted by Gasteiger charge is 2.16. The fraction of sp³-hybridized carbons (Fsp3) is 0.833. The summed E-state index contributed by atoms with van der Waals surface area (Å²) in [5.41, 5.74) is 0. The molecular formula is C24H42. The Kier molecular flexibility index (Phi) is 11.3. The van der Waals surface area contributed by atoms with Gasteiger partial charge in [0.1, 0.15) is 0 Å². The van der Waals surface area contributed by atoms with Gasteiger partial charge in [0.05, 0.1) is 0 Å². The number of allylic oxidation sites excluding steroid dienone is 4. The summed E-state index contributed by atoms with van der Waals surface area (Å²) < 4.78 is 0. The van der Waals surface area contributed by atoms with Crippen molar-refractivity contribution >= 4 is 0 Å². The van der Waals surface area contributed by atoms with Crippen LogP contribution in [0.5, 0.6) is 0 Å². The summed E-state index contributed by atoms with van der Waals surface area (Å²) >= 11 is 0. The summed E-state index contributed by atoms with van der Waals surface area (Å²) in [5, 5.41) is 0. The summed E-state index contributed by atoms with van der Waals surface area (Å²) in [5.74, 6) is 1.62. The average Bonchev–Trinajstić information content (AvgIpc) is 2.56. The van der Waals surface area contributed by atoms with E-state index in [-0.39, 0.29) is 0 Å². The van der Waals surface area contributed by atoms with Crippen LogP contribution in [0.25, 0.3) is 0 Å². The van der Waals surface area contributed by atoms with E-state index in [0.29, 0.717) is 0 Å². The van der Waals surface area contributed by atoms with Crippen LogP contribution >= 0.6 is 0 Å². The van der Waals surface area contributed by atoms with Gasteiger partial charge in [-0.3, -0.25) is 0 Å². The zero-order valence-corrected chi connectivity index (χ0v) is 16.2. The highest BCUT2D eigenvalue weighted by molar-refractivity contribution is 5.00. The molecule has 0 unspecified atom stereocenters. The number of hydrogen-bond acceptors (Lipinski definition) is 0. The smallest absolute Gasteiger partial charge is 0.0171 e. The monoisotopic (exact) mass is 330 g/mol. The van der Waals surface area contributed by atoms with Gasteiger partial charge in [0.2, 0.25) is 0 Å². The van der Waals surface area contributed by atoms with E-state index in [9.17, 15) is 0 Å². The molecule has 24 heavy (non-hydrogen) atoms. The number of rotatable bonds is 1. The minimum absolute atomic E-state index is 0.809. The molecule has 0 nitrogen and oxygen atoms in total. The molecular weight excluding hydrogens is 288 g/mol. The third kappa shape index (κ3) is 9.09. The van der Waals surface area contributed by atoms with Crippen molar-refractivity contribution in [1.29, 1.82) is 0 Å². The highest BCUT2D eigenvalue weighted by Crippen LogP contribution is 2.29. The molecule has 0 bridgehead atoms. The molecule has 0 spiro atoms. The standard InChI is InChI=1S/C24H42/c1-3-7-11-15-19-23(20-16-12-8-4-1)24-21-17-13-9-5-2-6-10-14-18-22-24/h15,17,19,21,23-24H,1-14,16,18,20,22H2/b19-15-,21-17?/t23-,24-/m0/s1. The van der Waals surface area contributed by atoms with E-state index in [1.165, 1.54) is 116 Å². The highest BCUT2D eigenvalue weighted by atomic mass is 14.2. The van der Waals surface area contributed by atoms with Gasteiger partial charge in [-0.1, -0.05) is 101 Å². The molecule has 138 valence electrons. The zero-order valence-electron chi connectivity index (χ0n) is 16.2. The molecule has 0 N–H and O–H groups in total. The zero-order chi connectivity index (χ0) is 16.7. The van der Waals surface area contributed by atoms with E-state index >= 15 is 0 Å². The normalized spacial score (nSPS) is 31.0. The molecule has 0 aromatic rings. The lowest BCUT2D eigenvalue weighted by Gasteiger charge is -2.23. The summed E-state index contributed by atoms with van der Waals surface area (Å²) in [6.07, 6.45) is 36.0. The fourth-order valence-electron chi connectivity index (χ4n) is 4.50. The van der Waals surface area contributed by atoms with Gasteiger partial charge in [-0.15, -0.1) is 0 Å². The van der Waals surface area contributed by atoms with Crippen molar-refractivity contribution in [2.45, 2.75) is 116 Å². The second-order valence-corrected chi connectivity index (χ2v) is 8.29. The van der Waals surface area contributed by atoms with Crippen LogP contribution < -0.4 is 0 Å². The molecule has 2 aliphatic carbocycles. The van der Waals surface area contributed by atoms with Crippen molar-refractivity contribution in [2.24, 2.45) is 11.8 Å².